The highest BCUT2D eigenvalue weighted by Crippen LogP contribution is 2.44. The second kappa shape index (κ2) is 7.96. The normalized spacial score (nSPS) is 16.0. The Labute approximate surface area is 197 Å². The second-order valence-electron chi connectivity index (χ2n) is 7.88. The van der Waals surface area contributed by atoms with Gasteiger partial charge >= 0.3 is 0 Å². The van der Waals surface area contributed by atoms with E-state index in [0.29, 0.717) is 27.1 Å². The number of phenols is 1. The summed E-state index contributed by atoms with van der Waals surface area (Å²) >= 11 is 1.01. The van der Waals surface area contributed by atoms with Crippen molar-refractivity contribution in [1.29, 1.82) is 0 Å². The van der Waals surface area contributed by atoms with Gasteiger partial charge < -0.3 is 14.6 Å². The Morgan fingerprint density at radius 1 is 1.09 bits per heavy atom. The fourth-order valence-electron chi connectivity index (χ4n) is 4.04. The zero-order valence-corrected chi connectivity index (χ0v) is 18.9. The molecule has 0 aliphatic carbocycles. The van der Waals surface area contributed by atoms with E-state index in [9.17, 15) is 24.6 Å². The lowest BCUT2D eigenvalue weighted by molar-refractivity contribution is -0.117. The number of carbonyl (C=O) groups excluding carboxylic acids is 3. The van der Waals surface area contributed by atoms with Crippen molar-refractivity contribution in [2.24, 2.45) is 0 Å². The quantitative estimate of drug-likeness (QED) is 0.395. The van der Waals surface area contributed by atoms with Crippen LogP contribution in [-0.4, -0.2) is 32.7 Å². The van der Waals surface area contributed by atoms with Gasteiger partial charge in [-0.05, 0) is 36.8 Å². The van der Waals surface area contributed by atoms with Gasteiger partial charge in [0.25, 0.3) is 5.91 Å². The van der Waals surface area contributed by atoms with Crippen LogP contribution in [-0.2, 0) is 4.79 Å². The molecule has 0 spiro atoms. The number of rotatable bonds is 5. The minimum absolute atomic E-state index is 0.00180. The Kier molecular flexibility index (Phi) is 5.06. The van der Waals surface area contributed by atoms with Crippen molar-refractivity contribution in [1.82, 2.24) is 4.98 Å². The monoisotopic (exact) mass is 474 g/mol. The number of Topliss-reactive ketones (excluding diaryl/α,β-unsaturated/α-hetero) is 2. The first-order valence-corrected chi connectivity index (χ1v) is 11.1. The Balaban J connectivity index is 1.67. The number of aromatic nitrogens is 1. The van der Waals surface area contributed by atoms with Crippen molar-refractivity contribution in [2.45, 2.75) is 19.9 Å². The van der Waals surface area contributed by atoms with Crippen LogP contribution in [0.3, 0.4) is 0 Å². The maximum absolute atomic E-state index is 13.6. The first-order chi connectivity index (χ1) is 16.3. The number of aliphatic hydroxyl groups excluding tert-OH is 1. The summed E-state index contributed by atoms with van der Waals surface area (Å²) in [6, 6.07) is 13.5. The Morgan fingerprint density at radius 2 is 1.79 bits per heavy atom. The molecule has 34 heavy (non-hydrogen) atoms. The fraction of sp³-hybridized carbons (Fsp3) is 0.120. The number of benzene rings is 2. The van der Waals surface area contributed by atoms with E-state index in [-0.39, 0.29) is 28.0 Å². The van der Waals surface area contributed by atoms with E-state index in [2.05, 4.69) is 4.98 Å². The van der Waals surface area contributed by atoms with Gasteiger partial charge in [-0.2, -0.15) is 0 Å². The molecule has 0 radical (unpaired) electrons. The van der Waals surface area contributed by atoms with Crippen LogP contribution in [0, 0.1) is 6.92 Å². The number of ketones is 2. The van der Waals surface area contributed by atoms with Crippen LogP contribution in [0.5, 0.6) is 5.75 Å². The lowest BCUT2D eigenvalue weighted by Gasteiger charge is -2.24. The minimum atomic E-state index is -1.04. The number of hydrogen-bond acceptors (Lipinski definition) is 8. The van der Waals surface area contributed by atoms with Crippen molar-refractivity contribution >= 4 is 44.9 Å². The molecule has 1 amide bonds. The van der Waals surface area contributed by atoms with Crippen LogP contribution in [0.25, 0.3) is 11.0 Å². The van der Waals surface area contributed by atoms with Gasteiger partial charge in [0.15, 0.2) is 22.4 Å². The van der Waals surface area contributed by atoms with E-state index >= 15 is 0 Å². The molecule has 0 unspecified atom stereocenters. The van der Waals surface area contributed by atoms with E-state index in [1.807, 2.05) is 0 Å². The van der Waals surface area contributed by atoms with Crippen LogP contribution in [0.2, 0.25) is 0 Å². The van der Waals surface area contributed by atoms with E-state index < -0.39 is 23.5 Å². The number of amides is 1. The third-order valence-corrected chi connectivity index (χ3v) is 6.88. The van der Waals surface area contributed by atoms with Crippen molar-refractivity contribution in [3.05, 3.63) is 87.8 Å². The second-order valence-corrected chi connectivity index (χ2v) is 8.85. The van der Waals surface area contributed by atoms with Crippen LogP contribution >= 0.6 is 11.3 Å². The number of nitrogens with zero attached hydrogens (tertiary/aromatic N) is 2. The number of fused-ring (bicyclic) bond motifs is 1. The molecular formula is C25H18N2O6S. The number of furan rings is 1. The number of anilines is 1. The molecule has 2 N–H and O–H groups in total. The first kappa shape index (κ1) is 21.6. The molecule has 1 aliphatic rings. The van der Waals surface area contributed by atoms with Crippen LogP contribution < -0.4 is 4.90 Å². The van der Waals surface area contributed by atoms with Crippen molar-refractivity contribution < 1.29 is 29.0 Å². The lowest BCUT2D eigenvalue weighted by atomic mass is 9.95. The number of para-hydroxylation sites is 1. The van der Waals surface area contributed by atoms with Crippen molar-refractivity contribution in [2.75, 3.05) is 4.90 Å². The molecule has 0 saturated carbocycles. The zero-order valence-electron chi connectivity index (χ0n) is 18.1. The highest BCUT2D eigenvalue weighted by molar-refractivity contribution is 7.17. The summed E-state index contributed by atoms with van der Waals surface area (Å²) in [7, 11) is 0. The molecule has 2 aromatic carbocycles. The Bertz CT molecular complexity index is 1480. The number of aromatic hydroxyl groups is 1. The number of aliphatic hydroxyl groups is 1. The molecule has 2 aromatic heterocycles. The largest absolute Gasteiger partial charge is 0.508 e. The van der Waals surface area contributed by atoms with E-state index in [1.165, 1.54) is 24.0 Å². The molecule has 0 bridgehead atoms. The van der Waals surface area contributed by atoms with Crippen LogP contribution in [0.15, 0.2) is 70.3 Å². The number of thiazole rings is 1. The van der Waals surface area contributed by atoms with E-state index in [0.717, 1.165) is 11.3 Å². The average Bonchev–Trinajstić information content (AvgIpc) is 3.48. The highest BCUT2D eigenvalue weighted by Gasteiger charge is 2.46. The molecule has 1 atom stereocenters. The van der Waals surface area contributed by atoms with Crippen LogP contribution in [0.4, 0.5) is 5.13 Å². The molecule has 0 saturated heterocycles. The summed E-state index contributed by atoms with van der Waals surface area (Å²) in [5, 5.41) is 21.5. The molecule has 4 aromatic rings. The van der Waals surface area contributed by atoms with E-state index in [1.54, 1.807) is 49.4 Å². The first-order valence-electron chi connectivity index (χ1n) is 10.3. The highest BCUT2D eigenvalue weighted by atomic mass is 32.1. The van der Waals surface area contributed by atoms with Gasteiger partial charge in [0.05, 0.1) is 22.2 Å². The lowest BCUT2D eigenvalue weighted by Crippen LogP contribution is -2.31. The van der Waals surface area contributed by atoms with Gasteiger partial charge in [-0.15, -0.1) is 0 Å². The zero-order chi connectivity index (χ0) is 24.1. The number of aryl methyl sites for hydroxylation is 1. The third-order valence-electron chi connectivity index (χ3n) is 5.62. The van der Waals surface area contributed by atoms with Crippen LogP contribution in [0.1, 0.15) is 44.4 Å². The molecule has 9 heteroatoms. The SMILES string of the molecule is CC(=O)c1sc(N2C(=O)C(O)=C(C(=O)c3cc4ccccc4o3)[C@H]2c2ccc(O)cc2)nc1C. The van der Waals surface area contributed by atoms with Gasteiger partial charge in [-0.3, -0.25) is 19.3 Å². The number of hydrogen-bond donors (Lipinski definition) is 2. The molecular weight excluding hydrogens is 456 g/mol. The maximum Gasteiger partial charge on any atom is 0.296 e. The van der Waals surface area contributed by atoms with Gasteiger partial charge in [-0.1, -0.05) is 41.7 Å². The summed E-state index contributed by atoms with van der Waals surface area (Å²) in [6.07, 6.45) is 0. The van der Waals surface area contributed by atoms with Gasteiger partial charge in [0.2, 0.25) is 5.78 Å². The summed E-state index contributed by atoms with van der Waals surface area (Å²) in [6.45, 7) is 3.06. The smallest absolute Gasteiger partial charge is 0.296 e. The summed E-state index contributed by atoms with van der Waals surface area (Å²) in [5.74, 6) is -2.42. The number of carbonyl (C=O) groups is 3. The predicted octanol–water partition coefficient (Wildman–Crippen LogP) is 4.89. The Morgan fingerprint density at radius 3 is 2.44 bits per heavy atom. The standard InChI is InChI=1S/C25H18N2O6S/c1-12-23(13(2)28)34-25(26-12)27-20(14-7-9-16(29)10-8-14)19(22(31)24(27)32)21(30)18-11-15-5-3-4-6-17(15)33-18/h3-11,20,29,31H,1-2H3/t20-/m1/s1. The molecule has 170 valence electrons. The summed E-state index contributed by atoms with van der Waals surface area (Å²) in [4.78, 5) is 44.7. The predicted molar refractivity (Wildman–Crippen MR) is 125 cm³/mol. The third kappa shape index (κ3) is 3.37. The molecule has 3 heterocycles. The van der Waals surface area contributed by atoms with E-state index in [4.69, 9.17) is 4.42 Å². The van der Waals surface area contributed by atoms with Gasteiger partial charge in [0.1, 0.15) is 11.3 Å². The molecule has 5 rings (SSSR count). The average molecular weight is 474 g/mol. The van der Waals surface area contributed by atoms with Gasteiger partial charge in [-0.25, -0.2) is 4.98 Å². The topological polar surface area (TPSA) is 121 Å². The van der Waals surface area contributed by atoms with Crippen molar-refractivity contribution in [3.63, 3.8) is 0 Å². The minimum Gasteiger partial charge on any atom is -0.508 e. The fourth-order valence-corrected chi connectivity index (χ4v) is 5.03. The summed E-state index contributed by atoms with van der Waals surface area (Å²) in [5.41, 5.74) is 1.23. The molecule has 1 aliphatic heterocycles. The summed E-state index contributed by atoms with van der Waals surface area (Å²) < 4.78 is 5.70. The molecule has 0 fully saturated rings. The molecule has 8 nitrogen and oxygen atoms in total. The van der Waals surface area contributed by atoms with Gasteiger partial charge in [0, 0.05) is 12.3 Å². The maximum atomic E-state index is 13.6. The van der Waals surface area contributed by atoms with Crippen molar-refractivity contribution in [3.8, 4) is 5.75 Å². The Hall–Kier alpha value is -4.24. The number of phenolic OH excluding ortho intramolecular Hbond substituents is 1.